The van der Waals surface area contributed by atoms with Gasteiger partial charge in [-0.2, -0.15) is 9.97 Å². The van der Waals surface area contributed by atoms with Crippen molar-refractivity contribution in [1.29, 1.82) is 0 Å². The van der Waals surface area contributed by atoms with Crippen LogP contribution in [0, 0.1) is 0 Å². The van der Waals surface area contributed by atoms with Gasteiger partial charge in [0, 0.05) is 6.20 Å². The zero-order chi connectivity index (χ0) is 11.9. The van der Waals surface area contributed by atoms with Crippen LogP contribution < -0.4 is 0 Å². The largest absolute Gasteiger partial charge is 0.441 e. The Kier molecular flexibility index (Phi) is 1.71. The maximum atomic E-state index is 5.31. The summed E-state index contributed by atoms with van der Waals surface area (Å²) in [4.78, 5) is 20.5. The van der Waals surface area contributed by atoms with Crippen LogP contribution in [0.25, 0.3) is 33.8 Å². The molecule has 0 saturated heterocycles. The van der Waals surface area contributed by atoms with Crippen molar-refractivity contribution in [2.75, 3.05) is 0 Å². The Labute approximate surface area is 99.5 Å². The van der Waals surface area contributed by atoms with Gasteiger partial charge < -0.3 is 8.83 Å². The summed E-state index contributed by atoms with van der Waals surface area (Å²) in [6.07, 6.45) is 5.92. The van der Waals surface area contributed by atoms with E-state index < -0.39 is 0 Å². The molecule has 0 aliphatic rings. The SMILES string of the molecule is c1cc(-c2cnc3ncoc3n2)c2ocnc2n1. The Morgan fingerprint density at radius 2 is 1.78 bits per heavy atom. The summed E-state index contributed by atoms with van der Waals surface area (Å²) in [6, 6.07) is 1.79. The van der Waals surface area contributed by atoms with Gasteiger partial charge in [0.25, 0.3) is 5.71 Å². The van der Waals surface area contributed by atoms with E-state index in [-0.39, 0.29) is 0 Å². The maximum Gasteiger partial charge on any atom is 0.266 e. The summed E-state index contributed by atoms with van der Waals surface area (Å²) < 4.78 is 10.4. The van der Waals surface area contributed by atoms with Gasteiger partial charge in [0.15, 0.2) is 24.0 Å². The molecule has 0 aliphatic heterocycles. The predicted octanol–water partition coefficient (Wildman–Crippen LogP) is 1.82. The minimum atomic E-state index is 0.386. The van der Waals surface area contributed by atoms with E-state index in [1.807, 2.05) is 0 Å². The Morgan fingerprint density at radius 3 is 2.78 bits per heavy atom. The Bertz CT molecular complexity index is 851. The lowest BCUT2D eigenvalue weighted by Crippen LogP contribution is -1.88. The standard InChI is InChI=1S/C11H5N5O2/c1-2-12-9-8(17-4-14-9)6(1)7-3-13-10-11(16-7)18-5-15-10/h1-5H. The average molecular weight is 239 g/mol. The number of hydrogen-bond acceptors (Lipinski definition) is 7. The van der Waals surface area contributed by atoms with Crippen molar-refractivity contribution in [1.82, 2.24) is 24.9 Å². The first-order valence-corrected chi connectivity index (χ1v) is 5.16. The van der Waals surface area contributed by atoms with Crippen LogP contribution >= 0.6 is 0 Å². The van der Waals surface area contributed by atoms with Gasteiger partial charge in [0.05, 0.1) is 17.5 Å². The highest BCUT2D eigenvalue weighted by Gasteiger charge is 2.12. The van der Waals surface area contributed by atoms with Crippen LogP contribution in [-0.2, 0) is 0 Å². The number of oxazole rings is 2. The molecule has 0 N–H and O–H groups in total. The van der Waals surface area contributed by atoms with Crippen molar-refractivity contribution >= 4 is 22.6 Å². The first-order chi connectivity index (χ1) is 8.92. The number of nitrogens with zero attached hydrogens (tertiary/aromatic N) is 5. The van der Waals surface area contributed by atoms with E-state index in [4.69, 9.17) is 8.83 Å². The molecule has 4 rings (SSSR count). The van der Waals surface area contributed by atoms with Crippen molar-refractivity contribution in [3.05, 3.63) is 31.2 Å². The van der Waals surface area contributed by atoms with E-state index in [1.54, 1.807) is 18.5 Å². The number of hydrogen-bond donors (Lipinski definition) is 0. The van der Waals surface area contributed by atoms with E-state index in [2.05, 4.69) is 24.9 Å². The van der Waals surface area contributed by atoms with Gasteiger partial charge in [0.1, 0.15) is 0 Å². The van der Waals surface area contributed by atoms with Crippen LogP contribution in [-0.4, -0.2) is 24.9 Å². The molecule has 18 heavy (non-hydrogen) atoms. The third-order valence-corrected chi connectivity index (χ3v) is 2.57. The van der Waals surface area contributed by atoms with Crippen LogP contribution in [0.5, 0.6) is 0 Å². The molecule has 0 aromatic carbocycles. The predicted molar refractivity (Wildman–Crippen MR) is 60.4 cm³/mol. The minimum Gasteiger partial charge on any atom is -0.441 e. The van der Waals surface area contributed by atoms with Gasteiger partial charge in [-0.25, -0.2) is 15.0 Å². The zero-order valence-electron chi connectivity index (χ0n) is 8.94. The van der Waals surface area contributed by atoms with Crippen LogP contribution in [0.15, 0.2) is 40.1 Å². The Morgan fingerprint density at radius 1 is 0.889 bits per heavy atom. The molecule has 7 nitrogen and oxygen atoms in total. The molecule has 0 spiro atoms. The quantitative estimate of drug-likeness (QED) is 0.500. The van der Waals surface area contributed by atoms with Crippen molar-refractivity contribution in [3.8, 4) is 11.3 Å². The summed E-state index contributed by atoms with van der Waals surface area (Å²) in [5.41, 5.74) is 3.36. The van der Waals surface area contributed by atoms with E-state index in [0.29, 0.717) is 28.3 Å². The van der Waals surface area contributed by atoms with Crippen molar-refractivity contribution in [3.63, 3.8) is 0 Å². The normalized spacial score (nSPS) is 11.3. The van der Waals surface area contributed by atoms with Gasteiger partial charge >= 0.3 is 0 Å². The monoisotopic (exact) mass is 239 g/mol. The lowest BCUT2D eigenvalue weighted by atomic mass is 10.2. The van der Waals surface area contributed by atoms with E-state index in [1.165, 1.54) is 12.8 Å². The number of fused-ring (bicyclic) bond motifs is 2. The molecule has 7 heteroatoms. The Hall–Kier alpha value is -2.83. The van der Waals surface area contributed by atoms with Crippen molar-refractivity contribution < 1.29 is 8.83 Å². The van der Waals surface area contributed by atoms with Crippen molar-refractivity contribution in [2.45, 2.75) is 0 Å². The minimum absolute atomic E-state index is 0.386. The molecule has 0 unspecified atom stereocenters. The van der Waals surface area contributed by atoms with Gasteiger partial charge in [0.2, 0.25) is 5.65 Å². The highest BCUT2D eigenvalue weighted by molar-refractivity contribution is 5.86. The molecule has 0 bridgehead atoms. The van der Waals surface area contributed by atoms with Crippen LogP contribution in [0.2, 0.25) is 0 Å². The second-order valence-electron chi connectivity index (χ2n) is 3.60. The summed E-state index contributed by atoms with van der Waals surface area (Å²) in [5, 5.41) is 0. The summed E-state index contributed by atoms with van der Waals surface area (Å²) in [6.45, 7) is 0. The van der Waals surface area contributed by atoms with Crippen LogP contribution in [0.4, 0.5) is 0 Å². The molecule has 4 heterocycles. The van der Waals surface area contributed by atoms with Gasteiger partial charge in [-0.3, -0.25) is 0 Å². The lowest BCUT2D eigenvalue weighted by Gasteiger charge is -1.99. The third-order valence-electron chi connectivity index (χ3n) is 2.57. The second kappa shape index (κ2) is 3.33. The van der Waals surface area contributed by atoms with E-state index in [9.17, 15) is 0 Å². The maximum absolute atomic E-state index is 5.31. The average Bonchev–Trinajstić information content (AvgIpc) is 3.05. The van der Waals surface area contributed by atoms with Crippen LogP contribution in [0.3, 0.4) is 0 Å². The van der Waals surface area contributed by atoms with E-state index >= 15 is 0 Å². The molecule has 0 amide bonds. The Balaban J connectivity index is 2.03. The third kappa shape index (κ3) is 1.21. The number of rotatable bonds is 1. The lowest BCUT2D eigenvalue weighted by molar-refractivity contribution is 0.590. The zero-order valence-corrected chi connectivity index (χ0v) is 8.94. The van der Waals surface area contributed by atoms with Gasteiger partial charge in [-0.15, -0.1) is 0 Å². The molecule has 0 fully saturated rings. The van der Waals surface area contributed by atoms with Crippen molar-refractivity contribution in [2.24, 2.45) is 0 Å². The molecule has 4 aromatic heterocycles. The number of aromatic nitrogens is 5. The van der Waals surface area contributed by atoms with Gasteiger partial charge in [-0.05, 0) is 6.07 Å². The summed E-state index contributed by atoms with van der Waals surface area (Å²) >= 11 is 0. The highest BCUT2D eigenvalue weighted by atomic mass is 16.3. The highest BCUT2D eigenvalue weighted by Crippen LogP contribution is 2.25. The molecule has 86 valence electrons. The molecular formula is C11H5N5O2. The van der Waals surface area contributed by atoms with Crippen LogP contribution in [0.1, 0.15) is 0 Å². The first-order valence-electron chi connectivity index (χ1n) is 5.16. The molecule has 0 saturated carbocycles. The summed E-state index contributed by atoms with van der Waals surface area (Å²) in [5.74, 6) is 0. The fraction of sp³-hybridized carbons (Fsp3) is 0. The first kappa shape index (κ1) is 9.23. The topological polar surface area (TPSA) is 90.7 Å². The fourth-order valence-corrected chi connectivity index (χ4v) is 1.77. The molecule has 4 aromatic rings. The molecule has 0 radical (unpaired) electrons. The smallest absolute Gasteiger partial charge is 0.266 e. The molecule has 0 atom stereocenters. The fourth-order valence-electron chi connectivity index (χ4n) is 1.77. The summed E-state index contributed by atoms with van der Waals surface area (Å²) in [7, 11) is 0. The second-order valence-corrected chi connectivity index (χ2v) is 3.60. The molecule has 0 aliphatic carbocycles. The van der Waals surface area contributed by atoms with Gasteiger partial charge in [-0.1, -0.05) is 0 Å². The number of pyridine rings is 1. The molecular weight excluding hydrogens is 234 g/mol. The van der Waals surface area contributed by atoms with E-state index in [0.717, 1.165) is 5.56 Å².